The summed E-state index contributed by atoms with van der Waals surface area (Å²) in [7, 11) is 1.14. The predicted molar refractivity (Wildman–Crippen MR) is 72.2 cm³/mol. The normalized spacial score (nSPS) is 11.6. The molecule has 6 nitrogen and oxygen atoms in total. The van der Waals surface area contributed by atoms with Crippen LogP contribution in [0.25, 0.3) is 0 Å². The number of amides is 1. The largest absolute Gasteiger partial charge is 0.493 e. The Bertz CT molecular complexity index is 562. The smallest absolute Gasteiger partial charge is 0.413 e. The molecule has 1 aromatic rings. The van der Waals surface area contributed by atoms with Gasteiger partial charge in [0.25, 0.3) is 6.43 Å². The van der Waals surface area contributed by atoms with E-state index in [1.165, 1.54) is 0 Å². The number of alkyl halides is 4. The molecule has 0 spiro atoms. The molecule has 0 aliphatic heterocycles. The van der Waals surface area contributed by atoms with Crippen LogP contribution < -0.4 is 14.8 Å². The van der Waals surface area contributed by atoms with E-state index in [9.17, 15) is 22.4 Å². The van der Waals surface area contributed by atoms with Crippen molar-refractivity contribution >= 4 is 11.9 Å². The number of nitrogens with one attached hydrogen (secondary N) is 1. The van der Waals surface area contributed by atoms with E-state index in [0.29, 0.717) is 0 Å². The lowest BCUT2D eigenvalue weighted by atomic mass is 10.2. The van der Waals surface area contributed by atoms with Gasteiger partial charge in [-0.3, -0.25) is 5.32 Å². The van der Waals surface area contributed by atoms with Crippen LogP contribution >= 0.6 is 0 Å². The molecule has 23 heavy (non-hydrogen) atoms. The van der Waals surface area contributed by atoms with Gasteiger partial charge in [-0.2, -0.15) is 8.78 Å². The summed E-state index contributed by atoms with van der Waals surface area (Å²) in [6.45, 7) is 1.48. The lowest BCUT2D eigenvalue weighted by Crippen LogP contribution is -2.27. The number of aromatic nitrogens is 1. The van der Waals surface area contributed by atoms with Crippen LogP contribution in [0.3, 0.4) is 0 Å². The molecule has 10 heteroatoms. The number of carbonyl (C=O) groups is 1. The van der Waals surface area contributed by atoms with Gasteiger partial charge in [0.2, 0.25) is 0 Å². The third-order valence-electron chi connectivity index (χ3n) is 2.24. The van der Waals surface area contributed by atoms with Crippen LogP contribution in [0.4, 0.5) is 28.2 Å². The molecule has 0 fully saturated rings. The summed E-state index contributed by atoms with van der Waals surface area (Å²) < 4.78 is 64.2. The van der Waals surface area contributed by atoms with Gasteiger partial charge < -0.3 is 14.2 Å². The Labute approximate surface area is 129 Å². The number of methoxy groups -OCH3 is 1. The maximum absolute atomic E-state index is 12.9. The topological polar surface area (TPSA) is 69.7 Å². The number of hydrogen-bond acceptors (Lipinski definition) is 5. The van der Waals surface area contributed by atoms with E-state index in [1.54, 1.807) is 20.8 Å². The van der Waals surface area contributed by atoms with Crippen molar-refractivity contribution in [1.82, 2.24) is 4.98 Å². The fourth-order valence-electron chi connectivity index (χ4n) is 1.48. The first-order chi connectivity index (χ1) is 10.5. The zero-order valence-electron chi connectivity index (χ0n) is 12.8. The summed E-state index contributed by atoms with van der Waals surface area (Å²) in [5.41, 5.74) is -1.89. The number of carbonyl (C=O) groups excluding carboxylic acids is 1. The van der Waals surface area contributed by atoms with Crippen LogP contribution in [0.2, 0.25) is 0 Å². The molecule has 1 N–H and O–H groups in total. The van der Waals surface area contributed by atoms with Crippen LogP contribution in [-0.2, 0) is 4.74 Å². The maximum Gasteiger partial charge on any atom is 0.413 e. The number of anilines is 1. The van der Waals surface area contributed by atoms with E-state index in [2.05, 4.69) is 15.0 Å². The molecule has 0 atom stereocenters. The number of halogens is 4. The summed E-state index contributed by atoms with van der Waals surface area (Å²) in [6.07, 6.45) is -4.17. The Morgan fingerprint density at radius 3 is 2.26 bits per heavy atom. The third kappa shape index (κ3) is 5.80. The Hall–Kier alpha value is -2.26. The van der Waals surface area contributed by atoms with E-state index in [0.717, 1.165) is 13.2 Å². The Balaban J connectivity index is 3.16. The first-order valence-corrected chi connectivity index (χ1v) is 6.35. The van der Waals surface area contributed by atoms with Crippen molar-refractivity contribution in [3.05, 3.63) is 11.8 Å². The Kier molecular flexibility index (Phi) is 5.99. The zero-order chi connectivity index (χ0) is 17.8. The highest BCUT2D eigenvalue weighted by Crippen LogP contribution is 2.36. The highest BCUT2D eigenvalue weighted by Gasteiger charge is 2.25. The monoisotopic (exact) mass is 340 g/mol. The second-order valence-corrected chi connectivity index (χ2v) is 5.23. The molecule has 130 valence electrons. The molecule has 0 aliphatic carbocycles. The van der Waals surface area contributed by atoms with Crippen molar-refractivity contribution < 1.29 is 36.6 Å². The van der Waals surface area contributed by atoms with Crippen LogP contribution in [0.1, 0.15) is 32.9 Å². The van der Waals surface area contributed by atoms with Gasteiger partial charge in [0.1, 0.15) is 5.60 Å². The first-order valence-electron chi connectivity index (χ1n) is 6.35. The van der Waals surface area contributed by atoms with Gasteiger partial charge >= 0.3 is 12.7 Å². The van der Waals surface area contributed by atoms with Gasteiger partial charge in [0.15, 0.2) is 23.0 Å². The number of nitrogens with zero attached hydrogens (tertiary/aromatic N) is 1. The van der Waals surface area contributed by atoms with Gasteiger partial charge in [0, 0.05) is 6.07 Å². The third-order valence-corrected chi connectivity index (χ3v) is 2.24. The Morgan fingerprint density at radius 1 is 1.22 bits per heavy atom. The van der Waals surface area contributed by atoms with Crippen molar-refractivity contribution in [2.24, 2.45) is 0 Å². The summed E-state index contributed by atoms with van der Waals surface area (Å²) >= 11 is 0. The second kappa shape index (κ2) is 7.34. The van der Waals surface area contributed by atoms with Crippen molar-refractivity contribution in [1.29, 1.82) is 0 Å². The highest BCUT2D eigenvalue weighted by molar-refractivity contribution is 5.85. The van der Waals surface area contributed by atoms with Crippen molar-refractivity contribution in [3.8, 4) is 11.5 Å². The standard InChI is InChI=1S/C13H16F4N2O4/c1-13(2,3)23-12(20)19-10-7(21-4)5-6(22-11(16)17)8(18-10)9(14)15/h5,9,11H,1-4H3,(H,18,19,20). The number of rotatable bonds is 5. The number of hydrogen-bond donors (Lipinski definition) is 1. The van der Waals surface area contributed by atoms with Crippen LogP contribution in [0.15, 0.2) is 6.07 Å². The average Bonchev–Trinajstić information content (AvgIpc) is 2.36. The molecule has 1 heterocycles. The average molecular weight is 340 g/mol. The van der Waals surface area contributed by atoms with E-state index >= 15 is 0 Å². The minimum Gasteiger partial charge on any atom is -0.493 e. The minimum absolute atomic E-state index is 0.240. The van der Waals surface area contributed by atoms with Gasteiger partial charge in [-0.1, -0.05) is 0 Å². The van der Waals surface area contributed by atoms with Gasteiger partial charge in [-0.05, 0) is 20.8 Å². The molecule has 0 aromatic carbocycles. The Morgan fingerprint density at radius 2 is 1.83 bits per heavy atom. The quantitative estimate of drug-likeness (QED) is 0.821. The molecule has 0 aliphatic rings. The molecule has 0 radical (unpaired) electrons. The minimum atomic E-state index is -3.32. The molecule has 1 rings (SSSR count). The lowest BCUT2D eigenvalue weighted by molar-refractivity contribution is -0.0525. The molecule has 0 unspecified atom stereocenters. The van der Waals surface area contributed by atoms with Crippen LogP contribution in [-0.4, -0.2) is 30.4 Å². The fraction of sp³-hybridized carbons (Fsp3) is 0.538. The summed E-state index contributed by atoms with van der Waals surface area (Å²) in [4.78, 5) is 15.1. The van der Waals surface area contributed by atoms with Crippen LogP contribution in [0, 0.1) is 0 Å². The van der Waals surface area contributed by atoms with E-state index in [1.807, 2.05) is 0 Å². The number of pyridine rings is 1. The van der Waals surface area contributed by atoms with Gasteiger partial charge in [-0.15, -0.1) is 0 Å². The van der Waals surface area contributed by atoms with E-state index < -0.39 is 42.0 Å². The molecule has 1 amide bonds. The summed E-state index contributed by atoms with van der Waals surface area (Å²) in [5, 5.41) is 2.12. The van der Waals surface area contributed by atoms with Crippen molar-refractivity contribution in [2.75, 3.05) is 12.4 Å². The predicted octanol–water partition coefficient (Wildman–Crippen LogP) is 3.98. The van der Waals surface area contributed by atoms with Crippen molar-refractivity contribution in [3.63, 3.8) is 0 Å². The van der Waals surface area contributed by atoms with Gasteiger partial charge in [-0.25, -0.2) is 18.6 Å². The number of ether oxygens (including phenoxy) is 3. The molecular formula is C13H16F4N2O4. The van der Waals surface area contributed by atoms with Crippen molar-refractivity contribution in [2.45, 2.75) is 39.4 Å². The van der Waals surface area contributed by atoms with E-state index in [-0.39, 0.29) is 5.75 Å². The fourth-order valence-corrected chi connectivity index (χ4v) is 1.48. The first kappa shape index (κ1) is 18.8. The van der Waals surface area contributed by atoms with Crippen LogP contribution in [0.5, 0.6) is 11.5 Å². The van der Waals surface area contributed by atoms with E-state index in [4.69, 9.17) is 9.47 Å². The summed E-state index contributed by atoms with van der Waals surface area (Å²) in [5.74, 6) is -1.49. The maximum atomic E-state index is 12.9. The molecule has 0 saturated carbocycles. The lowest BCUT2D eigenvalue weighted by Gasteiger charge is -2.20. The zero-order valence-corrected chi connectivity index (χ0v) is 12.8. The second-order valence-electron chi connectivity index (χ2n) is 5.23. The molecule has 0 bridgehead atoms. The molecular weight excluding hydrogens is 324 g/mol. The highest BCUT2D eigenvalue weighted by atomic mass is 19.3. The molecule has 1 aromatic heterocycles. The SMILES string of the molecule is COc1cc(OC(F)F)c(C(F)F)nc1NC(=O)OC(C)(C)C. The summed E-state index contributed by atoms with van der Waals surface area (Å²) in [6, 6.07) is 0.785. The molecule has 0 saturated heterocycles. The van der Waals surface area contributed by atoms with Gasteiger partial charge in [0.05, 0.1) is 7.11 Å².